The Morgan fingerprint density at radius 3 is 2.94 bits per heavy atom. The van der Waals surface area contributed by atoms with Crippen molar-refractivity contribution in [1.82, 2.24) is 0 Å². The lowest BCUT2D eigenvalue weighted by atomic mass is 10.1. The Morgan fingerprint density at radius 1 is 1.22 bits per heavy atom. The Labute approximate surface area is 108 Å². The lowest BCUT2D eigenvalue weighted by molar-refractivity contribution is 0.104. The number of thiophene rings is 1. The van der Waals surface area contributed by atoms with Crippen LogP contribution in [-0.2, 0) is 0 Å². The van der Waals surface area contributed by atoms with Gasteiger partial charge < -0.3 is 9.47 Å². The molecule has 3 rings (SSSR count). The molecule has 0 spiro atoms. The number of hydrogen-bond acceptors (Lipinski definition) is 4. The van der Waals surface area contributed by atoms with E-state index >= 15 is 0 Å². The van der Waals surface area contributed by atoms with Gasteiger partial charge in [0.2, 0.25) is 6.79 Å². The van der Waals surface area contributed by atoms with Crippen LogP contribution < -0.4 is 9.47 Å². The smallest absolute Gasteiger partial charge is 0.231 e. The summed E-state index contributed by atoms with van der Waals surface area (Å²) in [5.74, 6) is 1.28. The van der Waals surface area contributed by atoms with Crippen molar-refractivity contribution in [3.05, 3.63) is 52.2 Å². The van der Waals surface area contributed by atoms with E-state index in [9.17, 15) is 4.79 Å². The Bertz CT molecular complexity index is 600. The molecule has 1 aromatic heterocycles. The van der Waals surface area contributed by atoms with Gasteiger partial charge in [-0.1, -0.05) is 6.07 Å². The lowest BCUT2D eigenvalue weighted by Crippen LogP contribution is -1.94. The van der Waals surface area contributed by atoms with E-state index < -0.39 is 0 Å². The van der Waals surface area contributed by atoms with Crippen LogP contribution in [0.15, 0.2) is 41.8 Å². The van der Waals surface area contributed by atoms with Gasteiger partial charge in [0.25, 0.3) is 0 Å². The zero-order chi connectivity index (χ0) is 12.4. The highest BCUT2D eigenvalue weighted by molar-refractivity contribution is 7.10. The number of ketones is 1. The maximum atomic E-state index is 12.0. The largest absolute Gasteiger partial charge is 0.454 e. The van der Waals surface area contributed by atoms with Crippen LogP contribution in [0.4, 0.5) is 0 Å². The van der Waals surface area contributed by atoms with Crippen molar-refractivity contribution >= 4 is 23.2 Å². The molecule has 0 N–H and O–H groups in total. The Hall–Kier alpha value is -2.07. The van der Waals surface area contributed by atoms with Crippen molar-refractivity contribution in [2.24, 2.45) is 0 Å². The predicted molar refractivity (Wildman–Crippen MR) is 70.2 cm³/mol. The van der Waals surface area contributed by atoms with Gasteiger partial charge in [-0.05, 0) is 41.8 Å². The molecule has 0 saturated heterocycles. The van der Waals surface area contributed by atoms with Crippen molar-refractivity contribution < 1.29 is 14.3 Å². The monoisotopic (exact) mass is 258 g/mol. The van der Waals surface area contributed by atoms with Crippen molar-refractivity contribution in [2.45, 2.75) is 0 Å². The molecule has 0 amide bonds. The third-order valence-corrected chi connectivity index (χ3v) is 3.44. The third-order valence-electron chi connectivity index (χ3n) is 2.60. The molecule has 2 heterocycles. The topological polar surface area (TPSA) is 35.5 Å². The van der Waals surface area contributed by atoms with Crippen molar-refractivity contribution in [3.63, 3.8) is 0 Å². The van der Waals surface area contributed by atoms with Gasteiger partial charge in [0.15, 0.2) is 17.3 Å². The number of rotatable bonds is 3. The highest BCUT2D eigenvalue weighted by Crippen LogP contribution is 2.32. The van der Waals surface area contributed by atoms with E-state index in [-0.39, 0.29) is 12.6 Å². The van der Waals surface area contributed by atoms with Crippen LogP contribution in [0.2, 0.25) is 0 Å². The molecule has 0 saturated carbocycles. The number of carbonyl (C=O) groups excluding carboxylic acids is 1. The first kappa shape index (κ1) is 11.0. The number of fused-ring (bicyclic) bond motifs is 1. The average Bonchev–Trinajstić information content (AvgIpc) is 3.05. The molecular formula is C14H10O3S. The lowest BCUT2D eigenvalue weighted by Gasteiger charge is -1.98. The molecule has 1 aliphatic heterocycles. The summed E-state index contributed by atoms with van der Waals surface area (Å²) in [4.78, 5) is 13.0. The first-order valence-corrected chi connectivity index (χ1v) is 6.36. The fourth-order valence-corrected chi connectivity index (χ4v) is 2.31. The molecule has 1 aromatic carbocycles. The van der Waals surface area contributed by atoms with Gasteiger partial charge in [-0.3, -0.25) is 4.79 Å². The van der Waals surface area contributed by atoms with E-state index in [4.69, 9.17) is 9.47 Å². The SMILES string of the molecule is O=C(/C=C/c1cccs1)c1ccc2c(c1)OCO2. The van der Waals surface area contributed by atoms with E-state index in [1.54, 1.807) is 35.6 Å². The van der Waals surface area contributed by atoms with Crippen LogP contribution >= 0.6 is 11.3 Å². The van der Waals surface area contributed by atoms with Gasteiger partial charge in [0.1, 0.15) is 0 Å². The first-order valence-electron chi connectivity index (χ1n) is 5.48. The second kappa shape index (κ2) is 4.66. The van der Waals surface area contributed by atoms with Crippen LogP contribution in [0, 0.1) is 0 Å². The Balaban J connectivity index is 1.80. The highest BCUT2D eigenvalue weighted by Gasteiger charge is 2.14. The summed E-state index contributed by atoms with van der Waals surface area (Å²) in [7, 11) is 0. The Morgan fingerprint density at radius 2 is 2.11 bits per heavy atom. The molecule has 0 atom stereocenters. The molecule has 0 unspecified atom stereocenters. The molecule has 18 heavy (non-hydrogen) atoms. The van der Waals surface area contributed by atoms with Crippen LogP contribution in [0.25, 0.3) is 6.08 Å². The van der Waals surface area contributed by atoms with Crippen LogP contribution in [0.3, 0.4) is 0 Å². The van der Waals surface area contributed by atoms with Crippen LogP contribution in [0.5, 0.6) is 11.5 Å². The molecule has 1 aliphatic rings. The van der Waals surface area contributed by atoms with E-state index in [1.165, 1.54) is 0 Å². The fourth-order valence-electron chi connectivity index (χ4n) is 1.69. The molecular weight excluding hydrogens is 248 g/mol. The number of allylic oxidation sites excluding steroid dienone is 1. The van der Waals surface area contributed by atoms with Gasteiger partial charge in [-0.25, -0.2) is 0 Å². The minimum Gasteiger partial charge on any atom is -0.454 e. The van der Waals surface area contributed by atoms with E-state index in [0.717, 1.165) is 4.88 Å². The molecule has 3 nitrogen and oxygen atoms in total. The van der Waals surface area contributed by atoms with Gasteiger partial charge in [0, 0.05) is 10.4 Å². The molecule has 0 bridgehead atoms. The molecule has 0 fully saturated rings. The quantitative estimate of drug-likeness (QED) is 0.625. The summed E-state index contributed by atoms with van der Waals surface area (Å²) >= 11 is 1.60. The van der Waals surface area contributed by atoms with Crippen molar-refractivity contribution in [1.29, 1.82) is 0 Å². The molecule has 2 aromatic rings. The van der Waals surface area contributed by atoms with Crippen molar-refractivity contribution in [2.75, 3.05) is 6.79 Å². The van der Waals surface area contributed by atoms with Crippen LogP contribution in [-0.4, -0.2) is 12.6 Å². The molecule has 0 aliphatic carbocycles. The van der Waals surface area contributed by atoms with Gasteiger partial charge >= 0.3 is 0 Å². The number of carbonyl (C=O) groups is 1. The van der Waals surface area contributed by atoms with Gasteiger partial charge in [-0.2, -0.15) is 0 Å². The van der Waals surface area contributed by atoms with Gasteiger partial charge in [0.05, 0.1) is 0 Å². The van der Waals surface area contributed by atoms with Gasteiger partial charge in [-0.15, -0.1) is 11.3 Å². The minimum absolute atomic E-state index is 0.0401. The summed E-state index contributed by atoms with van der Waals surface area (Å²) in [6.45, 7) is 0.220. The summed E-state index contributed by atoms with van der Waals surface area (Å²) < 4.78 is 10.4. The summed E-state index contributed by atoms with van der Waals surface area (Å²) in [5.41, 5.74) is 0.604. The standard InChI is InChI=1S/C14H10O3S/c15-12(5-4-11-2-1-7-18-11)10-3-6-13-14(8-10)17-9-16-13/h1-8H,9H2/b5-4+. The molecule has 0 radical (unpaired) electrons. The molecule has 90 valence electrons. The van der Waals surface area contributed by atoms with Crippen LogP contribution in [0.1, 0.15) is 15.2 Å². The maximum Gasteiger partial charge on any atom is 0.231 e. The minimum atomic E-state index is -0.0401. The zero-order valence-corrected chi connectivity index (χ0v) is 10.3. The summed E-state index contributed by atoms with van der Waals surface area (Å²) in [6.07, 6.45) is 3.39. The molecule has 4 heteroatoms. The third kappa shape index (κ3) is 2.15. The highest BCUT2D eigenvalue weighted by atomic mass is 32.1. The normalized spacial score (nSPS) is 13.1. The van der Waals surface area contributed by atoms with Crippen molar-refractivity contribution in [3.8, 4) is 11.5 Å². The first-order chi connectivity index (χ1) is 8.83. The summed E-state index contributed by atoms with van der Waals surface area (Å²) in [5, 5.41) is 1.98. The average molecular weight is 258 g/mol. The fraction of sp³-hybridized carbons (Fsp3) is 0.0714. The number of hydrogen-bond donors (Lipinski definition) is 0. The Kier molecular flexibility index (Phi) is 2.86. The summed E-state index contributed by atoms with van der Waals surface area (Å²) in [6, 6.07) is 9.13. The number of benzene rings is 1. The second-order valence-corrected chi connectivity index (χ2v) is 4.76. The maximum absolute atomic E-state index is 12.0. The van der Waals surface area contributed by atoms with E-state index in [2.05, 4.69) is 0 Å². The van der Waals surface area contributed by atoms with E-state index in [0.29, 0.717) is 17.1 Å². The van der Waals surface area contributed by atoms with E-state index in [1.807, 2.05) is 23.6 Å². The zero-order valence-electron chi connectivity index (χ0n) is 9.46. The number of ether oxygens (including phenoxy) is 2. The second-order valence-electron chi connectivity index (χ2n) is 3.78. The predicted octanol–water partition coefficient (Wildman–Crippen LogP) is 3.37.